The van der Waals surface area contributed by atoms with Crippen LogP contribution in [0.4, 0.5) is 4.79 Å². The molecule has 1 rings (SSSR count). The normalized spacial score (nSPS) is 11.6. The average Bonchev–Trinajstić information content (AvgIpc) is 2.16. The first-order valence-electron chi connectivity index (χ1n) is 4.51. The van der Waals surface area contributed by atoms with Crippen LogP contribution < -0.4 is 15.8 Å². The van der Waals surface area contributed by atoms with E-state index in [0.29, 0.717) is 5.75 Å². The molecule has 1 aromatic rings. The summed E-state index contributed by atoms with van der Waals surface area (Å²) >= 11 is 3.27. The van der Waals surface area contributed by atoms with E-state index in [1.807, 2.05) is 11.4 Å². The third-order valence-electron chi connectivity index (χ3n) is 1.72. The molecule has 16 heavy (non-hydrogen) atoms. The zero-order valence-electron chi connectivity index (χ0n) is 8.57. The second-order valence-corrected chi connectivity index (χ2v) is 3.99. The van der Waals surface area contributed by atoms with E-state index in [9.17, 15) is 9.59 Å². The molecule has 0 spiro atoms. The van der Waals surface area contributed by atoms with Gasteiger partial charge in [-0.15, -0.1) is 0 Å². The number of hydrogen-bond donors (Lipinski definition) is 2. The number of hydrogen-bond acceptors (Lipinski definition) is 3. The van der Waals surface area contributed by atoms with E-state index >= 15 is 0 Å². The Morgan fingerprint density at radius 2 is 2.19 bits per heavy atom. The summed E-state index contributed by atoms with van der Waals surface area (Å²) < 4.78 is 6.15. The minimum Gasteiger partial charge on any atom is -0.481 e. The van der Waals surface area contributed by atoms with Gasteiger partial charge in [0.25, 0.3) is 5.91 Å². The third kappa shape index (κ3) is 3.90. The molecule has 0 aromatic heterocycles. The molecular formula is C10H11BrN2O3. The minimum atomic E-state index is -0.894. The molecular weight excluding hydrogens is 276 g/mol. The first-order chi connectivity index (χ1) is 7.49. The molecule has 0 aliphatic heterocycles. The maximum Gasteiger partial charge on any atom is 0.318 e. The molecule has 1 aromatic carbocycles. The van der Waals surface area contributed by atoms with Gasteiger partial charge in [-0.05, 0) is 25.1 Å². The number of carbonyl (C=O) groups is 2. The maximum atomic E-state index is 11.3. The van der Waals surface area contributed by atoms with Crippen molar-refractivity contribution in [3.8, 4) is 5.75 Å². The number of imide groups is 1. The quantitative estimate of drug-likeness (QED) is 0.882. The first-order valence-corrected chi connectivity index (χ1v) is 5.31. The van der Waals surface area contributed by atoms with E-state index in [2.05, 4.69) is 15.9 Å². The number of primary amides is 1. The number of benzene rings is 1. The maximum absolute atomic E-state index is 11.3. The summed E-state index contributed by atoms with van der Waals surface area (Å²) in [5.41, 5.74) is 4.81. The van der Waals surface area contributed by atoms with Crippen molar-refractivity contribution in [3.05, 3.63) is 28.7 Å². The fourth-order valence-electron chi connectivity index (χ4n) is 1.02. The van der Waals surface area contributed by atoms with Crippen LogP contribution in [0.5, 0.6) is 5.75 Å². The van der Waals surface area contributed by atoms with Gasteiger partial charge in [0.1, 0.15) is 5.75 Å². The Bertz CT molecular complexity index is 409. The summed E-state index contributed by atoms with van der Waals surface area (Å²) in [6, 6.07) is 6.14. The average molecular weight is 287 g/mol. The van der Waals surface area contributed by atoms with Crippen LogP contribution in [0.15, 0.2) is 28.7 Å². The van der Waals surface area contributed by atoms with Crippen LogP contribution in [0.2, 0.25) is 0 Å². The molecule has 0 aliphatic rings. The largest absolute Gasteiger partial charge is 0.481 e. The van der Waals surface area contributed by atoms with Crippen molar-refractivity contribution in [2.45, 2.75) is 13.0 Å². The smallest absolute Gasteiger partial charge is 0.318 e. The fraction of sp³-hybridized carbons (Fsp3) is 0.200. The Morgan fingerprint density at radius 3 is 2.75 bits per heavy atom. The molecule has 0 saturated heterocycles. The van der Waals surface area contributed by atoms with Crippen molar-refractivity contribution in [1.29, 1.82) is 0 Å². The van der Waals surface area contributed by atoms with Crippen molar-refractivity contribution in [1.82, 2.24) is 5.32 Å². The predicted molar refractivity (Wildman–Crippen MR) is 62.0 cm³/mol. The van der Waals surface area contributed by atoms with Crippen LogP contribution >= 0.6 is 15.9 Å². The van der Waals surface area contributed by atoms with E-state index in [4.69, 9.17) is 10.5 Å². The van der Waals surface area contributed by atoms with Crippen LogP contribution in [0, 0.1) is 0 Å². The highest BCUT2D eigenvalue weighted by Gasteiger charge is 2.15. The predicted octanol–water partition coefficient (Wildman–Crippen LogP) is 1.41. The zero-order chi connectivity index (χ0) is 12.1. The number of ether oxygens (including phenoxy) is 1. The Labute approximate surface area is 101 Å². The number of rotatable bonds is 3. The summed E-state index contributed by atoms with van der Waals surface area (Å²) in [5.74, 6) is -0.0472. The second kappa shape index (κ2) is 5.50. The number of amides is 3. The Balaban J connectivity index is 2.60. The van der Waals surface area contributed by atoms with E-state index in [-0.39, 0.29) is 0 Å². The summed E-state index contributed by atoms with van der Waals surface area (Å²) in [4.78, 5) is 21.7. The molecule has 0 heterocycles. The molecule has 0 fully saturated rings. The van der Waals surface area contributed by atoms with Crippen molar-refractivity contribution in [3.63, 3.8) is 0 Å². The van der Waals surface area contributed by atoms with Crippen LogP contribution in [0.1, 0.15) is 6.92 Å². The third-order valence-corrected chi connectivity index (χ3v) is 2.22. The molecule has 0 saturated carbocycles. The fourth-order valence-corrected chi connectivity index (χ4v) is 1.40. The van der Waals surface area contributed by atoms with Gasteiger partial charge in [0.15, 0.2) is 6.10 Å². The number of nitrogens with two attached hydrogens (primary N) is 1. The summed E-state index contributed by atoms with van der Waals surface area (Å²) in [6.45, 7) is 1.53. The lowest BCUT2D eigenvalue weighted by atomic mass is 10.3. The van der Waals surface area contributed by atoms with Crippen LogP contribution in [0.3, 0.4) is 0 Å². The van der Waals surface area contributed by atoms with Gasteiger partial charge in [-0.2, -0.15) is 0 Å². The van der Waals surface area contributed by atoms with Crippen LogP contribution in [-0.2, 0) is 4.79 Å². The van der Waals surface area contributed by atoms with Gasteiger partial charge in [-0.25, -0.2) is 4.79 Å². The standard InChI is InChI=1S/C10H11BrN2O3/c1-6(9(14)13-10(12)15)16-8-4-2-3-7(11)5-8/h2-6H,1H3,(H3,12,13,14,15). The molecule has 1 atom stereocenters. The van der Waals surface area contributed by atoms with Crippen LogP contribution in [0.25, 0.3) is 0 Å². The highest BCUT2D eigenvalue weighted by Crippen LogP contribution is 2.18. The Morgan fingerprint density at radius 1 is 1.50 bits per heavy atom. The zero-order valence-corrected chi connectivity index (χ0v) is 10.2. The number of carbonyl (C=O) groups excluding carboxylic acids is 2. The lowest BCUT2D eigenvalue weighted by molar-refractivity contribution is -0.126. The molecule has 3 N–H and O–H groups in total. The topological polar surface area (TPSA) is 81.4 Å². The SMILES string of the molecule is CC(Oc1cccc(Br)c1)C(=O)NC(N)=O. The summed E-state index contributed by atoms with van der Waals surface area (Å²) in [7, 11) is 0. The lowest BCUT2D eigenvalue weighted by Crippen LogP contribution is -2.42. The van der Waals surface area contributed by atoms with Crippen molar-refractivity contribution in [2.75, 3.05) is 0 Å². The lowest BCUT2D eigenvalue weighted by Gasteiger charge is -2.13. The van der Waals surface area contributed by atoms with Crippen molar-refractivity contribution >= 4 is 27.9 Å². The van der Waals surface area contributed by atoms with Gasteiger partial charge in [0.2, 0.25) is 0 Å². The van der Waals surface area contributed by atoms with Gasteiger partial charge in [0, 0.05) is 4.47 Å². The molecule has 5 nitrogen and oxygen atoms in total. The van der Waals surface area contributed by atoms with Crippen molar-refractivity contribution in [2.24, 2.45) is 5.73 Å². The molecule has 3 amide bonds. The van der Waals surface area contributed by atoms with Gasteiger partial charge in [-0.3, -0.25) is 10.1 Å². The first kappa shape index (κ1) is 12.5. The second-order valence-electron chi connectivity index (χ2n) is 3.07. The van der Waals surface area contributed by atoms with Crippen LogP contribution in [-0.4, -0.2) is 18.0 Å². The highest BCUT2D eigenvalue weighted by molar-refractivity contribution is 9.10. The van der Waals surface area contributed by atoms with E-state index < -0.39 is 18.0 Å². The Hall–Kier alpha value is -1.56. The molecule has 0 aliphatic carbocycles. The van der Waals surface area contributed by atoms with Gasteiger partial charge in [-0.1, -0.05) is 22.0 Å². The molecule has 1 unspecified atom stereocenters. The van der Waals surface area contributed by atoms with E-state index in [0.717, 1.165) is 4.47 Å². The minimum absolute atomic E-state index is 0.529. The number of halogens is 1. The van der Waals surface area contributed by atoms with Gasteiger partial charge in [0.05, 0.1) is 0 Å². The monoisotopic (exact) mass is 286 g/mol. The number of nitrogens with one attached hydrogen (secondary N) is 1. The number of urea groups is 1. The highest BCUT2D eigenvalue weighted by atomic mass is 79.9. The van der Waals surface area contributed by atoms with Crippen molar-refractivity contribution < 1.29 is 14.3 Å². The van der Waals surface area contributed by atoms with Gasteiger partial charge >= 0.3 is 6.03 Å². The molecule has 6 heteroatoms. The Kier molecular flexibility index (Phi) is 4.30. The summed E-state index contributed by atoms with van der Waals surface area (Å²) in [6.07, 6.45) is -0.790. The molecule has 86 valence electrons. The van der Waals surface area contributed by atoms with Gasteiger partial charge < -0.3 is 10.5 Å². The summed E-state index contributed by atoms with van der Waals surface area (Å²) in [5, 5.41) is 1.94. The molecule has 0 bridgehead atoms. The molecule has 0 radical (unpaired) electrons. The van der Waals surface area contributed by atoms with E-state index in [1.165, 1.54) is 6.92 Å². The van der Waals surface area contributed by atoms with E-state index in [1.54, 1.807) is 18.2 Å².